The van der Waals surface area contributed by atoms with E-state index in [2.05, 4.69) is 38.6 Å². The number of amidine groups is 1. The number of fused-ring (bicyclic) bond motifs is 1. The number of carbonyl (C=O) groups is 1. The van der Waals surface area contributed by atoms with Crippen molar-refractivity contribution < 1.29 is 4.79 Å². The van der Waals surface area contributed by atoms with Gasteiger partial charge in [0.05, 0.1) is 24.1 Å². The normalized spacial score (nSPS) is 24.2. The molecule has 2 atom stereocenters. The predicted octanol–water partition coefficient (Wildman–Crippen LogP) is 1.36. The summed E-state index contributed by atoms with van der Waals surface area (Å²) in [5.74, 6) is 1.35. The maximum absolute atomic E-state index is 12.7. The van der Waals surface area contributed by atoms with Crippen molar-refractivity contribution >= 4 is 11.7 Å². The molecule has 2 N–H and O–H groups in total. The number of aromatic nitrogens is 1. The molecule has 0 spiro atoms. The van der Waals surface area contributed by atoms with E-state index in [1.807, 2.05) is 17.2 Å². The summed E-state index contributed by atoms with van der Waals surface area (Å²) in [7, 11) is 2.20. The van der Waals surface area contributed by atoms with Crippen LogP contribution in [0.1, 0.15) is 49.4 Å². The van der Waals surface area contributed by atoms with Crippen molar-refractivity contribution in [2.45, 2.75) is 50.6 Å². The van der Waals surface area contributed by atoms with Crippen molar-refractivity contribution in [3.8, 4) is 0 Å². The van der Waals surface area contributed by atoms with Gasteiger partial charge in [-0.05, 0) is 44.4 Å². The smallest absolute Gasteiger partial charge is 0.222 e. The Kier molecular flexibility index (Phi) is 6.77. The van der Waals surface area contributed by atoms with E-state index in [1.54, 1.807) is 0 Å². The SMILES string of the molecule is CN(CC1CN(C(=O)CCCC2=NCCN2)CCN1)C1CCCc2cccnc21. The summed E-state index contributed by atoms with van der Waals surface area (Å²) in [6, 6.07) is 4.96. The molecule has 1 aliphatic carbocycles. The highest BCUT2D eigenvalue weighted by Gasteiger charge is 2.29. The molecule has 1 saturated heterocycles. The third-order valence-electron chi connectivity index (χ3n) is 6.36. The van der Waals surface area contributed by atoms with Crippen LogP contribution in [0.4, 0.5) is 0 Å². The molecule has 2 aliphatic heterocycles. The van der Waals surface area contributed by atoms with Crippen molar-refractivity contribution in [3.05, 3.63) is 29.6 Å². The van der Waals surface area contributed by atoms with Crippen LogP contribution in [0.3, 0.4) is 0 Å². The second-order valence-corrected chi connectivity index (χ2v) is 8.49. The van der Waals surface area contributed by atoms with Gasteiger partial charge < -0.3 is 15.5 Å². The molecule has 7 heteroatoms. The van der Waals surface area contributed by atoms with Gasteiger partial charge in [-0.25, -0.2) is 0 Å². The Bertz CT molecular complexity index is 736. The number of aliphatic imine (C=N–C) groups is 1. The van der Waals surface area contributed by atoms with Crippen LogP contribution in [0.2, 0.25) is 0 Å². The molecule has 1 fully saturated rings. The van der Waals surface area contributed by atoms with Gasteiger partial charge in [-0.3, -0.25) is 19.7 Å². The Hall–Kier alpha value is -1.99. The fraction of sp³-hybridized carbons (Fsp3) is 0.682. The van der Waals surface area contributed by atoms with Crippen molar-refractivity contribution in [2.75, 3.05) is 46.3 Å². The number of aryl methyl sites for hydroxylation is 1. The van der Waals surface area contributed by atoms with Crippen molar-refractivity contribution in [2.24, 2.45) is 4.99 Å². The van der Waals surface area contributed by atoms with Crippen molar-refractivity contribution in [3.63, 3.8) is 0 Å². The average molecular weight is 399 g/mol. The van der Waals surface area contributed by atoms with E-state index in [0.717, 1.165) is 70.8 Å². The lowest BCUT2D eigenvalue weighted by molar-refractivity contribution is -0.132. The molecule has 3 aliphatic rings. The zero-order valence-corrected chi connectivity index (χ0v) is 17.6. The Morgan fingerprint density at radius 3 is 3.17 bits per heavy atom. The highest BCUT2D eigenvalue weighted by Crippen LogP contribution is 2.31. The van der Waals surface area contributed by atoms with E-state index in [4.69, 9.17) is 0 Å². The quantitative estimate of drug-likeness (QED) is 0.726. The van der Waals surface area contributed by atoms with Gasteiger partial charge in [0.2, 0.25) is 5.91 Å². The lowest BCUT2D eigenvalue weighted by atomic mass is 9.91. The molecule has 4 rings (SSSR count). The molecule has 1 aromatic rings. The van der Waals surface area contributed by atoms with Crippen LogP contribution < -0.4 is 10.6 Å². The second-order valence-electron chi connectivity index (χ2n) is 8.49. The van der Waals surface area contributed by atoms with Gasteiger partial charge in [-0.1, -0.05) is 6.07 Å². The molecule has 1 aromatic heterocycles. The van der Waals surface area contributed by atoms with Crippen molar-refractivity contribution in [1.29, 1.82) is 0 Å². The first kappa shape index (κ1) is 20.3. The predicted molar refractivity (Wildman–Crippen MR) is 115 cm³/mol. The third-order valence-corrected chi connectivity index (χ3v) is 6.36. The number of hydrogen-bond acceptors (Lipinski definition) is 6. The van der Waals surface area contributed by atoms with Crippen LogP contribution in [0.5, 0.6) is 0 Å². The molecule has 7 nitrogen and oxygen atoms in total. The molecule has 0 bridgehead atoms. The first-order valence-corrected chi connectivity index (χ1v) is 11.1. The van der Waals surface area contributed by atoms with Gasteiger partial charge >= 0.3 is 0 Å². The highest BCUT2D eigenvalue weighted by molar-refractivity contribution is 5.84. The number of piperazine rings is 1. The molecular weight excluding hydrogens is 364 g/mol. The number of rotatable bonds is 7. The maximum atomic E-state index is 12.7. The Morgan fingerprint density at radius 2 is 2.31 bits per heavy atom. The van der Waals surface area contributed by atoms with Crippen LogP contribution in [-0.4, -0.2) is 78.9 Å². The van der Waals surface area contributed by atoms with Crippen LogP contribution in [0, 0.1) is 0 Å². The van der Waals surface area contributed by atoms with Crippen LogP contribution in [-0.2, 0) is 11.2 Å². The van der Waals surface area contributed by atoms with E-state index < -0.39 is 0 Å². The Labute approximate surface area is 174 Å². The number of nitrogens with zero attached hydrogens (tertiary/aromatic N) is 4. The minimum absolute atomic E-state index is 0.280. The molecule has 29 heavy (non-hydrogen) atoms. The summed E-state index contributed by atoms with van der Waals surface area (Å²) < 4.78 is 0. The van der Waals surface area contributed by atoms with Gasteiger partial charge in [0, 0.05) is 57.8 Å². The molecule has 0 radical (unpaired) electrons. The van der Waals surface area contributed by atoms with Crippen LogP contribution >= 0.6 is 0 Å². The molecule has 3 heterocycles. The average Bonchev–Trinajstić information content (AvgIpc) is 3.27. The molecule has 0 saturated carbocycles. The van der Waals surface area contributed by atoms with Crippen molar-refractivity contribution in [1.82, 2.24) is 25.4 Å². The van der Waals surface area contributed by atoms with E-state index >= 15 is 0 Å². The molecule has 2 unspecified atom stereocenters. The topological polar surface area (TPSA) is 72.9 Å². The van der Waals surface area contributed by atoms with Crippen LogP contribution in [0.15, 0.2) is 23.3 Å². The summed E-state index contributed by atoms with van der Waals surface area (Å²) in [4.78, 5) is 26.3. The summed E-state index contributed by atoms with van der Waals surface area (Å²) in [6.07, 6.45) is 7.81. The van der Waals surface area contributed by atoms with Gasteiger partial charge in [0.25, 0.3) is 0 Å². The van der Waals surface area contributed by atoms with Gasteiger partial charge in [-0.2, -0.15) is 0 Å². The van der Waals surface area contributed by atoms with Gasteiger partial charge in [-0.15, -0.1) is 0 Å². The van der Waals surface area contributed by atoms with E-state index in [1.165, 1.54) is 17.7 Å². The summed E-state index contributed by atoms with van der Waals surface area (Å²) in [6.45, 7) is 5.23. The number of nitrogens with one attached hydrogen (secondary N) is 2. The first-order chi connectivity index (χ1) is 14.2. The van der Waals surface area contributed by atoms with Crippen LogP contribution in [0.25, 0.3) is 0 Å². The lowest BCUT2D eigenvalue weighted by Gasteiger charge is -2.39. The Balaban J connectivity index is 1.27. The van der Waals surface area contributed by atoms with Gasteiger partial charge in [0.15, 0.2) is 0 Å². The Morgan fingerprint density at radius 1 is 1.38 bits per heavy atom. The fourth-order valence-corrected chi connectivity index (χ4v) is 4.84. The minimum Gasteiger partial charge on any atom is -0.372 e. The number of hydrogen-bond donors (Lipinski definition) is 2. The number of carbonyl (C=O) groups excluding carboxylic acids is 1. The second kappa shape index (κ2) is 9.67. The molecule has 158 valence electrons. The van der Waals surface area contributed by atoms with E-state index in [-0.39, 0.29) is 5.91 Å². The number of likely N-dealkylation sites (N-methyl/N-ethyl adjacent to an activating group) is 1. The number of amides is 1. The monoisotopic (exact) mass is 398 g/mol. The molecular formula is C22H34N6O. The summed E-state index contributed by atoms with van der Waals surface area (Å²) in [5.41, 5.74) is 2.64. The third kappa shape index (κ3) is 5.14. The maximum Gasteiger partial charge on any atom is 0.222 e. The zero-order chi connectivity index (χ0) is 20.1. The standard InChI is InChI=1S/C22H34N6O/c1-27(19-7-2-5-17-6-4-10-26-22(17)19)15-18-16-28(14-13-23-18)21(29)9-3-8-20-24-11-12-25-20/h4,6,10,18-19,23H,2-3,5,7-9,11-16H2,1H3,(H,24,25). The highest BCUT2D eigenvalue weighted by atomic mass is 16.2. The minimum atomic E-state index is 0.280. The van der Waals surface area contributed by atoms with E-state index in [0.29, 0.717) is 18.5 Å². The first-order valence-electron chi connectivity index (χ1n) is 11.1. The van der Waals surface area contributed by atoms with Gasteiger partial charge in [0.1, 0.15) is 0 Å². The fourth-order valence-electron chi connectivity index (χ4n) is 4.84. The zero-order valence-electron chi connectivity index (χ0n) is 17.6. The molecule has 0 aromatic carbocycles. The largest absolute Gasteiger partial charge is 0.372 e. The summed E-state index contributed by atoms with van der Waals surface area (Å²) >= 11 is 0. The summed E-state index contributed by atoms with van der Waals surface area (Å²) in [5, 5.41) is 6.89. The number of pyridine rings is 1. The lowest BCUT2D eigenvalue weighted by Crippen LogP contribution is -2.56. The molecule has 1 amide bonds. The van der Waals surface area contributed by atoms with E-state index in [9.17, 15) is 4.79 Å².